The molecule has 1 aliphatic heterocycles. The third-order valence-corrected chi connectivity index (χ3v) is 10.2. The van der Waals surface area contributed by atoms with Crippen molar-refractivity contribution < 1.29 is 28.6 Å². The molecule has 300 valence electrons. The van der Waals surface area contributed by atoms with E-state index in [1.807, 2.05) is 0 Å². The Balaban J connectivity index is 2.38. The van der Waals surface area contributed by atoms with Gasteiger partial charge >= 0.3 is 17.9 Å². The SMILES string of the molecule is CC1(C)CCCCCCCCC(=O)OCCNC(C)(C)CCCCCCCCC(=O)OCCNC(C)(C)CCCCCCCCC(=O)OCCN1. The van der Waals surface area contributed by atoms with Gasteiger partial charge in [-0.25, -0.2) is 0 Å². The number of carbonyl (C=O) groups excluding carboxylic acids is 3. The van der Waals surface area contributed by atoms with Gasteiger partial charge < -0.3 is 30.2 Å². The molecular formula is C42H81N3O6. The Labute approximate surface area is 313 Å². The zero-order valence-electron chi connectivity index (χ0n) is 34.2. The summed E-state index contributed by atoms with van der Waals surface area (Å²) in [6.07, 6.45) is 24.7. The lowest BCUT2D eigenvalue weighted by molar-refractivity contribution is -0.144. The number of hydrogen-bond donors (Lipinski definition) is 3. The standard InChI is InChI=1S/C42H81N3O6/c1-40(2)28-22-16-10-7-13-19-26-38(47)50-35-32-44-42(5,6)30-24-18-12-9-15-21-27-39(48)51-36-33-45-41(3,4)29-23-17-11-8-14-20-25-37(46)49-34-31-43-40/h43-45H,7-36H2,1-6H3. The van der Waals surface area contributed by atoms with Crippen LogP contribution in [0, 0.1) is 0 Å². The van der Waals surface area contributed by atoms with Crippen molar-refractivity contribution in [1.82, 2.24) is 16.0 Å². The smallest absolute Gasteiger partial charge is 0.305 e. The van der Waals surface area contributed by atoms with E-state index in [9.17, 15) is 14.4 Å². The number of esters is 3. The fraction of sp³-hybridized carbons (Fsp3) is 0.929. The average Bonchev–Trinajstić information content (AvgIpc) is 3.06. The molecule has 1 fully saturated rings. The Morgan fingerprint density at radius 2 is 0.569 bits per heavy atom. The molecule has 0 atom stereocenters. The van der Waals surface area contributed by atoms with Gasteiger partial charge in [0, 0.05) is 55.5 Å². The van der Waals surface area contributed by atoms with Crippen LogP contribution in [0.25, 0.3) is 0 Å². The van der Waals surface area contributed by atoms with Crippen LogP contribution in [-0.4, -0.2) is 74.0 Å². The highest BCUT2D eigenvalue weighted by molar-refractivity contribution is 5.69. The highest BCUT2D eigenvalue weighted by Gasteiger charge is 2.18. The fourth-order valence-corrected chi connectivity index (χ4v) is 6.77. The first-order chi connectivity index (χ1) is 24.3. The van der Waals surface area contributed by atoms with Gasteiger partial charge in [-0.15, -0.1) is 0 Å². The minimum atomic E-state index is -0.0896. The van der Waals surface area contributed by atoms with E-state index in [1.54, 1.807) is 0 Å². The molecule has 0 aromatic heterocycles. The number of nitrogens with one attached hydrogen (secondary N) is 3. The zero-order valence-corrected chi connectivity index (χ0v) is 34.2. The molecule has 9 nitrogen and oxygen atoms in total. The molecule has 0 radical (unpaired) electrons. The summed E-state index contributed by atoms with van der Waals surface area (Å²) in [6.45, 7) is 16.6. The van der Waals surface area contributed by atoms with Crippen molar-refractivity contribution in [3.05, 3.63) is 0 Å². The molecule has 51 heavy (non-hydrogen) atoms. The first-order valence-corrected chi connectivity index (χ1v) is 21.0. The Morgan fingerprint density at radius 1 is 0.353 bits per heavy atom. The van der Waals surface area contributed by atoms with Crippen LogP contribution in [0.5, 0.6) is 0 Å². The maximum absolute atomic E-state index is 12.2. The molecule has 0 aliphatic carbocycles. The highest BCUT2D eigenvalue weighted by atomic mass is 16.5. The average molecular weight is 724 g/mol. The van der Waals surface area contributed by atoms with Gasteiger partial charge in [-0.1, -0.05) is 96.3 Å². The Morgan fingerprint density at radius 3 is 0.824 bits per heavy atom. The number of cyclic esters (lactones) is 3. The Bertz CT molecular complexity index is 793. The van der Waals surface area contributed by atoms with Crippen molar-refractivity contribution in [3.63, 3.8) is 0 Å². The van der Waals surface area contributed by atoms with Crippen molar-refractivity contribution in [2.75, 3.05) is 39.5 Å². The van der Waals surface area contributed by atoms with Crippen LogP contribution in [0.15, 0.2) is 0 Å². The van der Waals surface area contributed by atoms with E-state index in [0.717, 1.165) is 77.0 Å². The summed E-state index contributed by atoms with van der Waals surface area (Å²) in [7, 11) is 0. The van der Waals surface area contributed by atoms with E-state index in [0.29, 0.717) is 58.7 Å². The second-order valence-corrected chi connectivity index (χ2v) is 17.0. The molecule has 1 heterocycles. The van der Waals surface area contributed by atoms with Crippen molar-refractivity contribution >= 4 is 17.9 Å². The summed E-state index contributed by atoms with van der Waals surface area (Å²) in [5, 5.41) is 10.7. The van der Waals surface area contributed by atoms with Gasteiger partial charge in [-0.3, -0.25) is 14.4 Å². The van der Waals surface area contributed by atoms with Crippen LogP contribution >= 0.6 is 0 Å². The second kappa shape index (κ2) is 28.7. The Kier molecular flexibility index (Phi) is 26.7. The van der Waals surface area contributed by atoms with Gasteiger partial charge in [0.05, 0.1) is 0 Å². The first-order valence-electron chi connectivity index (χ1n) is 21.0. The summed E-state index contributed by atoms with van der Waals surface area (Å²) >= 11 is 0. The van der Waals surface area contributed by atoms with E-state index in [2.05, 4.69) is 57.5 Å². The zero-order chi connectivity index (χ0) is 37.7. The molecule has 0 aromatic rings. The van der Waals surface area contributed by atoms with Crippen LogP contribution in [0.3, 0.4) is 0 Å². The Hall–Kier alpha value is -1.71. The van der Waals surface area contributed by atoms with Crippen LogP contribution in [0.1, 0.15) is 196 Å². The fourth-order valence-electron chi connectivity index (χ4n) is 6.77. The maximum atomic E-state index is 12.2. The van der Waals surface area contributed by atoms with E-state index in [4.69, 9.17) is 14.2 Å². The van der Waals surface area contributed by atoms with Crippen LogP contribution in [0.2, 0.25) is 0 Å². The molecule has 0 spiro atoms. The van der Waals surface area contributed by atoms with E-state index in [-0.39, 0.29) is 34.5 Å². The van der Waals surface area contributed by atoms with Crippen LogP contribution < -0.4 is 16.0 Å². The van der Waals surface area contributed by atoms with Crippen molar-refractivity contribution in [2.24, 2.45) is 0 Å². The number of hydrogen-bond acceptors (Lipinski definition) is 9. The van der Waals surface area contributed by atoms with Gasteiger partial charge in [0.15, 0.2) is 0 Å². The third-order valence-electron chi connectivity index (χ3n) is 10.2. The topological polar surface area (TPSA) is 115 Å². The molecule has 1 aliphatic rings. The van der Waals surface area contributed by atoms with Gasteiger partial charge in [0.2, 0.25) is 0 Å². The second-order valence-electron chi connectivity index (χ2n) is 17.0. The summed E-state index contributed by atoms with van der Waals surface area (Å²) in [4.78, 5) is 36.5. The molecule has 1 rings (SSSR count). The van der Waals surface area contributed by atoms with Crippen LogP contribution in [-0.2, 0) is 28.6 Å². The van der Waals surface area contributed by atoms with Gasteiger partial charge in [0.25, 0.3) is 0 Å². The van der Waals surface area contributed by atoms with Crippen molar-refractivity contribution in [2.45, 2.75) is 212 Å². The van der Waals surface area contributed by atoms with Crippen LogP contribution in [0.4, 0.5) is 0 Å². The van der Waals surface area contributed by atoms with E-state index >= 15 is 0 Å². The molecule has 0 bridgehead atoms. The maximum Gasteiger partial charge on any atom is 0.305 e. The molecule has 9 heteroatoms. The normalized spacial score (nSPS) is 24.7. The minimum absolute atomic E-state index is 0.0201. The quantitative estimate of drug-likeness (QED) is 0.166. The minimum Gasteiger partial charge on any atom is -0.464 e. The molecule has 0 saturated carbocycles. The molecular weight excluding hydrogens is 642 g/mol. The largest absolute Gasteiger partial charge is 0.464 e. The summed E-state index contributed by atoms with van der Waals surface area (Å²) in [5.74, 6) is -0.269. The number of carbonyl (C=O) groups is 3. The molecule has 3 N–H and O–H groups in total. The van der Waals surface area contributed by atoms with Gasteiger partial charge in [-0.05, 0) is 80.1 Å². The lowest BCUT2D eigenvalue weighted by Gasteiger charge is -2.26. The highest BCUT2D eigenvalue weighted by Crippen LogP contribution is 2.18. The third kappa shape index (κ3) is 30.5. The lowest BCUT2D eigenvalue weighted by atomic mass is 9.96. The summed E-state index contributed by atoms with van der Waals surface area (Å²) in [5.41, 5.74) is 0.0602. The van der Waals surface area contributed by atoms with Crippen molar-refractivity contribution in [1.29, 1.82) is 0 Å². The lowest BCUT2D eigenvalue weighted by Crippen LogP contribution is -2.41. The molecule has 1 saturated heterocycles. The predicted octanol–water partition coefficient (Wildman–Crippen LogP) is 9.10. The molecule has 0 amide bonds. The number of rotatable bonds is 0. The summed E-state index contributed by atoms with van der Waals surface area (Å²) in [6, 6.07) is 0. The van der Waals surface area contributed by atoms with E-state index in [1.165, 1.54) is 57.8 Å². The molecule has 0 aromatic carbocycles. The van der Waals surface area contributed by atoms with Crippen molar-refractivity contribution in [3.8, 4) is 0 Å². The van der Waals surface area contributed by atoms with Gasteiger partial charge in [0.1, 0.15) is 19.8 Å². The first kappa shape index (κ1) is 47.3. The van der Waals surface area contributed by atoms with E-state index < -0.39 is 0 Å². The summed E-state index contributed by atoms with van der Waals surface area (Å²) < 4.78 is 16.4. The monoisotopic (exact) mass is 724 g/mol. The van der Waals surface area contributed by atoms with Gasteiger partial charge in [-0.2, -0.15) is 0 Å². The molecule has 0 unspecified atom stereocenters. The number of ether oxygens (including phenoxy) is 3. The predicted molar refractivity (Wildman–Crippen MR) is 210 cm³/mol.